The molecule has 0 radical (unpaired) electrons. The Morgan fingerprint density at radius 3 is 2.62 bits per heavy atom. The molecular formula is C31H40N4O5. The summed E-state index contributed by atoms with van der Waals surface area (Å²) in [6.07, 6.45) is 5.80. The Bertz CT molecular complexity index is 1240. The van der Waals surface area contributed by atoms with Gasteiger partial charge in [0.05, 0.1) is 38.4 Å². The third-order valence-corrected chi connectivity index (χ3v) is 8.12. The lowest BCUT2D eigenvalue weighted by Crippen LogP contribution is -2.54. The van der Waals surface area contributed by atoms with E-state index in [0.29, 0.717) is 38.2 Å². The third kappa shape index (κ3) is 6.01. The molecule has 40 heavy (non-hydrogen) atoms. The molecule has 2 aromatic carbocycles. The number of nitrogens with zero attached hydrogens (tertiary/aromatic N) is 3. The van der Waals surface area contributed by atoms with Gasteiger partial charge in [-0.3, -0.25) is 4.79 Å². The Morgan fingerprint density at radius 2 is 1.88 bits per heavy atom. The number of hydrogen-bond donors (Lipinski definition) is 2. The fraction of sp³-hybridized carbons (Fsp3) is 0.484. The monoisotopic (exact) mass is 548 g/mol. The van der Waals surface area contributed by atoms with Crippen LogP contribution in [0.15, 0.2) is 60.9 Å². The smallest absolute Gasteiger partial charge is 0.275 e. The quantitative estimate of drug-likeness (QED) is 0.396. The maximum absolute atomic E-state index is 14.2. The molecule has 2 N–H and O–H groups in total. The Labute approximate surface area is 236 Å². The van der Waals surface area contributed by atoms with Crippen molar-refractivity contribution in [2.75, 3.05) is 47.1 Å². The predicted octanol–water partition coefficient (Wildman–Crippen LogP) is 3.93. The van der Waals surface area contributed by atoms with Gasteiger partial charge in [-0.2, -0.15) is 0 Å². The van der Waals surface area contributed by atoms with E-state index < -0.39 is 5.60 Å². The molecule has 5 rings (SSSR count). The molecule has 1 saturated carbocycles. The summed E-state index contributed by atoms with van der Waals surface area (Å²) in [5, 5.41) is 15.0. The molecule has 1 amide bonds. The summed E-state index contributed by atoms with van der Waals surface area (Å²) >= 11 is 0. The van der Waals surface area contributed by atoms with E-state index in [0.717, 1.165) is 48.6 Å². The number of piperazine rings is 1. The fourth-order valence-electron chi connectivity index (χ4n) is 6.06. The number of benzene rings is 2. The van der Waals surface area contributed by atoms with Crippen LogP contribution in [-0.2, 0) is 4.74 Å². The number of hydrogen-bond acceptors (Lipinski definition) is 7. The SMILES string of the molecule is COC[C@]1(O)CCCC[C@H]1n1cnc(C(=O)N2CCNC[C@H]2CCOc2ccc(OC)cc2)c1-c1ccccc1. The first-order valence-electron chi connectivity index (χ1n) is 14.2. The van der Waals surface area contributed by atoms with Crippen molar-refractivity contribution in [3.63, 3.8) is 0 Å². The second-order valence-corrected chi connectivity index (χ2v) is 10.7. The molecule has 1 saturated heterocycles. The van der Waals surface area contributed by atoms with E-state index in [-0.39, 0.29) is 24.6 Å². The van der Waals surface area contributed by atoms with E-state index in [9.17, 15) is 9.90 Å². The summed E-state index contributed by atoms with van der Waals surface area (Å²) < 4.78 is 18.7. The Hall–Kier alpha value is -3.40. The molecular weight excluding hydrogens is 508 g/mol. The molecule has 3 aromatic rings. The second kappa shape index (κ2) is 12.8. The number of imidazole rings is 1. The van der Waals surface area contributed by atoms with Gasteiger partial charge in [-0.05, 0) is 37.1 Å². The van der Waals surface area contributed by atoms with Crippen LogP contribution in [0.4, 0.5) is 0 Å². The highest BCUT2D eigenvalue weighted by Crippen LogP contribution is 2.41. The Balaban J connectivity index is 1.40. The first kappa shape index (κ1) is 28.1. The Morgan fingerprint density at radius 1 is 1.10 bits per heavy atom. The topological polar surface area (TPSA) is 98.1 Å². The van der Waals surface area contributed by atoms with Crippen molar-refractivity contribution in [3.8, 4) is 22.8 Å². The standard InChI is InChI=1S/C31H40N4O5/c1-38-21-31(37)16-7-6-10-27(31)35-22-33-28(29(35)23-8-4-3-5-9-23)30(36)34-18-17-32-20-24(34)15-19-40-26-13-11-25(39-2)12-14-26/h3-5,8-9,11-14,22,24,27,32,37H,6-7,10,15-21H2,1-2H3/t24-,27-,31-/m1/s1. The van der Waals surface area contributed by atoms with Crippen LogP contribution in [-0.4, -0.2) is 84.2 Å². The van der Waals surface area contributed by atoms with Gasteiger partial charge < -0.3 is 34.1 Å². The number of aromatic nitrogens is 2. The van der Waals surface area contributed by atoms with Crippen molar-refractivity contribution in [2.24, 2.45) is 0 Å². The first-order chi connectivity index (χ1) is 19.5. The summed E-state index contributed by atoms with van der Waals surface area (Å²) in [6.45, 7) is 2.72. The maximum Gasteiger partial charge on any atom is 0.275 e. The van der Waals surface area contributed by atoms with Gasteiger partial charge in [-0.1, -0.05) is 43.2 Å². The zero-order valence-electron chi connectivity index (χ0n) is 23.4. The number of carbonyl (C=O) groups is 1. The minimum atomic E-state index is -1.02. The number of carbonyl (C=O) groups excluding carboxylic acids is 1. The van der Waals surface area contributed by atoms with Gasteiger partial charge in [0, 0.05) is 44.8 Å². The van der Waals surface area contributed by atoms with Crippen LogP contribution in [0.2, 0.25) is 0 Å². The van der Waals surface area contributed by atoms with Crippen molar-refractivity contribution >= 4 is 5.91 Å². The number of aliphatic hydroxyl groups is 1. The number of rotatable bonds is 10. The number of methoxy groups -OCH3 is 2. The second-order valence-electron chi connectivity index (χ2n) is 10.7. The number of ether oxygens (including phenoxy) is 3. The van der Waals surface area contributed by atoms with Crippen molar-refractivity contribution in [3.05, 3.63) is 66.6 Å². The molecule has 9 heteroatoms. The minimum absolute atomic E-state index is 0.0339. The summed E-state index contributed by atoms with van der Waals surface area (Å²) in [5.74, 6) is 1.45. The summed E-state index contributed by atoms with van der Waals surface area (Å²) in [4.78, 5) is 20.8. The maximum atomic E-state index is 14.2. The van der Waals surface area contributed by atoms with Crippen molar-refractivity contribution in [1.29, 1.82) is 0 Å². The van der Waals surface area contributed by atoms with Gasteiger partial charge in [-0.15, -0.1) is 0 Å². The van der Waals surface area contributed by atoms with E-state index in [1.807, 2.05) is 64.1 Å². The highest BCUT2D eigenvalue weighted by molar-refractivity contribution is 5.98. The van der Waals surface area contributed by atoms with Crippen LogP contribution < -0.4 is 14.8 Å². The van der Waals surface area contributed by atoms with E-state index in [4.69, 9.17) is 19.2 Å². The Kier molecular flexibility index (Phi) is 9.04. The van der Waals surface area contributed by atoms with Crippen molar-refractivity contribution in [1.82, 2.24) is 19.8 Å². The van der Waals surface area contributed by atoms with Gasteiger partial charge in [0.2, 0.25) is 0 Å². The zero-order chi connectivity index (χ0) is 28.0. The van der Waals surface area contributed by atoms with Crippen LogP contribution in [0.5, 0.6) is 11.5 Å². The van der Waals surface area contributed by atoms with E-state index in [2.05, 4.69) is 5.32 Å². The van der Waals surface area contributed by atoms with Gasteiger partial charge in [0.1, 0.15) is 17.1 Å². The average molecular weight is 549 g/mol. The molecule has 2 aliphatic rings. The van der Waals surface area contributed by atoms with Crippen molar-refractivity contribution < 1.29 is 24.1 Å². The lowest BCUT2D eigenvalue weighted by Gasteiger charge is -2.41. The largest absolute Gasteiger partial charge is 0.497 e. The molecule has 2 fully saturated rings. The van der Waals surface area contributed by atoms with Gasteiger partial charge in [-0.25, -0.2) is 4.98 Å². The minimum Gasteiger partial charge on any atom is -0.497 e. The summed E-state index contributed by atoms with van der Waals surface area (Å²) in [5.41, 5.74) is 1.05. The molecule has 0 spiro atoms. The highest BCUT2D eigenvalue weighted by Gasteiger charge is 2.42. The lowest BCUT2D eigenvalue weighted by atomic mass is 9.80. The third-order valence-electron chi connectivity index (χ3n) is 8.12. The van der Waals surface area contributed by atoms with E-state index >= 15 is 0 Å². The molecule has 2 heterocycles. The molecule has 3 atom stereocenters. The molecule has 0 bridgehead atoms. The fourth-order valence-corrected chi connectivity index (χ4v) is 6.06. The molecule has 9 nitrogen and oxygen atoms in total. The van der Waals surface area contributed by atoms with Crippen molar-refractivity contribution in [2.45, 2.75) is 49.8 Å². The molecule has 1 aromatic heterocycles. The predicted molar refractivity (Wildman–Crippen MR) is 153 cm³/mol. The van der Waals surface area contributed by atoms with Crippen LogP contribution >= 0.6 is 0 Å². The van der Waals surface area contributed by atoms with Crippen LogP contribution in [0, 0.1) is 0 Å². The average Bonchev–Trinajstić information content (AvgIpc) is 3.43. The normalized spacial score (nSPS) is 23.1. The van der Waals surface area contributed by atoms with E-state index in [1.54, 1.807) is 20.5 Å². The molecule has 0 unspecified atom stereocenters. The molecule has 214 valence electrons. The zero-order valence-corrected chi connectivity index (χ0v) is 23.4. The molecule has 1 aliphatic carbocycles. The summed E-state index contributed by atoms with van der Waals surface area (Å²) in [6, 6.07) is 17.1. The molecule has 1 aliphatic heterocycles. The van der Waals surface area contributed by atoms with Crippen LogP contribution in [0.3, 0.4) is 0 Å². The van der Waals surface area contributed by atoms with Gasteiger partial charge in [0.25, 0.3) is 5.91 Å². The van der Waals surface area contributed by atoms with Crippen LogP contribution in [0.1, 0.15) is 48.6 Å². The van der Waals surface area contributed by atoms with E-state index in [1.165, 1.54) is 0 Å². The van der Waals surface area contributed by atoms with Crippen LogP contribution in [0.25, 0.3) is 11.3 Å². The highest BCUT2D eigenvalue weighted by atomic mass is 16.5. The lowest BCUT2D eigenvalue weighted by molar-refractivity contribution is -0.0893. The summed E-state index contributed by atoms with van der Waals surface area (Å²) in [7, 11) is 3.26. The van der Waals surface area contributed by atoms with Gasteiger partial charge >= 0.3 is 0 Å². The number of nitrogens with one attached hydrogen (secondary N) is 1. The first-order valence-corrected chi connectivity index (χ1v) is 14.2. The van der Waals surface area contributed by atoms with Gasteiger partial charge in [0.15, 0.2) is 5.69 Å². The number of amides is 1.